The highest BCUT2D eigenvalue weighted by Gasteiger charge is 2.36. The van der Waals surface area contributed by atoms with Crippen molar-refractivity contribution >= 4 is 11.9 Å². The molecule has 110 valence electrons. The number of allylic oxidation sites excluding steroid dienone is 2. The summed E-state index contributed by atoms with van der Waals surface area (Å²) in [6, 6.07) is 3.39. The molecule has 2 heterocycles. The number of esters is 1. The summed E-state index contributed by atoms with van der Waals surface area (Å²) in [5, 5.41) is 12.4. The second kappa shape index (κ2) is 5.78. The van der Waals surface area contributed by atoms with E-state index in [2.05, 4.69) is 10.3 Å². The number of carboxylic acid groups (broad SMARTS) is 1. The second-order valence-corrected chi connectivity index (χ2v) is 4.71. The fourth-order valence-electron chi connectivity index (χ4n) is 2.55. The predicted molar refractivity (Wildman–Crippen MR) is 75.2 cm³/mol. The number of carboxylic acids is 1. The number of carbonyl (C=O) groups is 2. The van der Waals surface area contributed by atoms with Crippen LogP contribution in [0.3, 0.4) is 0 Å². The average Bonchev–Trinajstić information content (AvgIpc) is 2.46. The van der Waals surface area contributed by atoms with Gasteiger partial charge in [0.15, 0.2) is 0 Å². The highest BCUT2D eigenvalue weighted by molar-refractivity contribution is 5.99. The van der Waals surface area contributed by atoms with E-state index >= 15 is 0 Å². The number of hydrogen-bond acceptors (Lipinski definition) is 5. The summed E-state index contributed by atoms with van der Waals surface area (Å²) in [6.45, 7) is 3.40. The van der Waals surface area contributed by atoms with Crippen LogP contribution in [-0.2, 0) is 14.3 Å². The van der Waals surface area contributed by atoms with Crippen LogP contribution in [0.2, 0.25) is 0 Å². The number of carbonyl (C=O) groups excluding carboxylic acids is 1. The lowest BCUT2D eigenvalue weighted by Crippen LogP contribution is -2.31. The Balaban J connectivity index is 2.66. The molecule has 2 rings (SSSR count). The third-order valence-corrected chi connectivity index (χ3v) is 3.44. The number of methoxy groups -OCH3 is 1. The molecule has 6 nitrogen and oxygen atoms in total. The number of rotatable bonds is 3. The summed E-state index contributed by atoms with van der Waals surface area (Å²) >= 11 is 0. The topological polar surface area (TPSA) is 88.5 Å². The number of ether oxygens (including phenoxy) is 1. The lowest BCUT2D eigenvalue weighted by Gasteiger charge is -2.29. The van der Waals surface area contributed by atoms with Gasteiger partial charge in [-0.25, -0.2) is 9.59 Å². The number of hydrogen-bond donors (Lipinski definition) is 2. The lowest BCUT2D eigenvalue weighted by molar-refractivity contribution is -0.136. The van der Waals surface area contributed by atoms with Crippen LogP contribution >= 0.6 is 0 Å². The maximum Gasteiger partial charge on any atom is 0.336 e. The molecule has 0 spiro atoms. The minimum absolute atomic E-state index is 0.132. The van der Waals surface area contributed by atoms with Gasteiger partial charge in [-0.2, -0.15) is 0 Å². The van der Waals surface area contributed by atoms with E-state index in [1.165, 1.54) is 7.11 Å². The summed E-state index contributed by atoms with van der Waals surface area (Å²) < 4.78 is 4.81. The quantitative estimate of drug-likeness (QED) is 0.821. The molecule has 1 aromatic rings. The van der Waals surface area contributed by atoms with Gasteiger partial charge in [0.05, 0.1) is 24.2 Å². The van der Waals surface area contributed by atoms with Crippen LogP contribution in [0.1, 0.15) is 25.3 Å². The lowest BCUT2D eigenvalue weighted by atomic mass is 9.81. The summed E-state index contributed by atoms with van der Waals surface area (Å²) in [7, 11) is 1.28. The van der Waals surface area contributed by atoms with Crippen molar-refractivity contribution in [2.24, 2.45) is 0 Å². The van der Waals surface area contributed by atoms with Crippen molar-refractivity contribution in [3.63, 3.8) is 0 Å². The molecule has 1 atom stereocenters. The fourth-order valence-corrected chi connectivity index (χ4v) is 2.55. The molecular weight excluding hydrogens is 272 g/mol. The first kappa shape index (κ1) is 14.8. The van der Waals surface area contributed by atoms with E-state index in [1.54, 1.807) is 38.4 Å². The van der Waals surface area contributed by atoms with Gasteiger partial charge in [0.25, 0.3) is 0 Å². The zero-order valence-electron chi connectivity index (χ0n) is 12.0. The van der Waals surface area contributed by atoms with Crippen molar-refractivity contribution in [3.05, 3.63) is 52.6 Å². The molecule has 0 aliphatic carbocycles. The number of nitrogens with zero attached hydrogens (tertiary/aromatic N) is 1. The average molecular weight is 288 g/mol. The van der Waals surface area contributed by atoms with Crippen molar-refractivity contribution < 1.29 is 19.4 Å². The highest BCUT2D eigenvalue weighted by atomic mass is 16.5. The molecular formula is C15H16N2O4. The van der Waals surface area contributed by atoms with Crippen molar-refractivity contribution in [3.8, 4) is 0 Å². The highest BCUT2D eigenvalue weighted by Crippen LogP contribution is 2.38. The van der Waals surface area contributed by atoms with Crippen molar-refractivity contribution in [2.75, 3.05) is 7.11 Å². The van der Waals surface area contributed by atoms with Crippen LogP contribution in [0.4, 0.5) is 0 Å². The van der Waals surface area contributed by atoms with Crippen LogP contribution in [0.15, 0.2) is 47.1 Å². The van der Waals surface area contributed by atoms with Gasteiger partial charge in [0, 0.05) is 23.8 Å². The van der Waals surface area contributed by atoms with E-state index < -0.39 is 17.9 Å². The summed E-state index contributed by atoms with van der Waals surface area (Å²) in [4.78, 5) is 27.6. The first-order valence-corrected chi connectivity index (χ1v) is 6.37. The van der Waals surface area contributed by atoms with Gasteiger partial charge < -0.3 is 15.2 Å². The largest absolute Gasteiger partial charge is 0.478 e. The molecule has 0 bridgehead atoms. The number of dihydropyridines is 1. The van der Waals surface area contributed by atoms with E-state index in [4.69, 9.17) is 4.74 Å². The van der Waals surface area contributed by atoms with Gasteiger partial charge in [-0.1, -0.05) is 0 Å². The molecule has 1 aromatic heterocycles. The fraction of sp³-hybridized carbons (Fsp3) is 0.267. The predicted octanol–water partition coefficient (Wildman–Crippen LogP) is 1.57. The molecule has 1 aliphatic rings. The van der Waals surface area contributed by atoms with Crippen molar-refractivity contribution in [1.82, 2.24) is 10.3 Å². The van der Waals surface area contributed by atoms with Crippen LogP contribution < -0.4 is 5.32 Å². The first-order valence-electron chi connectivity index (χ1n) is 6.37. The SMILES string of the molecule is COC(=O)C1=C(C)NC(C)=C(C(=O)O)C1c1ccncc1. The summed E-state index contributed by atoms with van der Waals surface area (Å²) in [5.41, 5.74) is 2.21. The summed E-state index contributed by atoms with van der Waals surface area (Å²) in [6.07, 6.45) is 3.13. The molecule has 1 unspecified atom stereocenters. The number of pyridine rings is 1. The molecule has 0 aromatic carbocycles. The molecule has 0 saturated carbocycles. The molecule has 1 aliphatic heterocycles. The Hall–Kier alpha value is -2.63. The molecule has 0 saturated heterocycles. The van der Waals surface area contributed by atoms with Gasteiger partial charge in [0.2, 0.25) is 0 Å². The van der Waals surface area contributed by atoms with E-state index in [-0.39, 0.29) is 5.57 Å². The zero-order chi connectivity index (χ0) is 15.6. The molecule has 0 radical (unpaired) electrons. The van der Waals surface area contributed by atoms with Gasteiger partial charge in [-0.05, 0) is 31.5 Å². The van der Waals surface area contributed by atoms with Crippen LogP contribution in [0.5, 0.6) is 0 Å². The molecule has 2 N–H and O–H groups in total. The summed E-state index contributed by atoms with van der Waals surface area (Å²) in [5.74, 6) is -2.30. The Bertz CT molecular complexity index is 647. The van der Waals surface area contributed by atoms with Crippen molar-refractivity contribution in [2.45, 2.75) is 19.8 Å². The van der Waals surface area contributed by atoms with E-state index in [9.17, 15) is 14.7 Å². The van der Waals surface area contributed by atoms with Crippen LogP contribution in [0.25, 0.3) is 0 Å². The minimum Gasteiger partial charge on any atom is -0.478 e. The molecule has 0 fully saturated rings. The van der Waals surface area contributed by atoms with E-state index in [0.717, 1.165) is 0 Å². The number of aliphatic carboxylic acids is 1. The van der Waals surface area contributed by atoms with Gasteiger partial charge >= 0.3 is 11.9 Å². The Kier molecular flexibility index (Phi) is 4.07. The monoisotopic (exact) mass is 288 g/mol. The molecule has 6 heteroatoms. The Morgan fingerprint density at radius 1 is 1.19 bits per heavy atom. The van der Waals surface area contributed by atoms with Crippen LogP contribution in [0, 0.1) is 0 Å². The smallest absolute Gasteiger partial charge is 0.336 e. The van der Waals surface area contributed by atoms with Gasteiger partial charge in [0.1, 0.15) is 0 Å². The molecule has 21 heavy (non-hydrogen) atoms. The number of nitrogens with one attached hydrogen (secondary N) is 1. The second-order valence-electron chi connectivity index (χ2n) is 4.71. The van der Waals surface area contributed by atoms with E-state index in [0.29, 0.717) is 22.5 Å². The Morgan fingerprint density at radius 3 is 2.29 bits per heavy atom. The van der Waals surface area contributed by atoms with Gasteiger partial charge in [-0.15, -0.1) is 0 Å². The third-order valence-electron chi connectivity index (χ3n) is 3.44. The Labute approximate surface area is 122 Å². The molecule has 0 amide bonds. The van der Waals surface area contributed by atoms with E-state index in [1.807, 2.05) is 0 Å². The van der Waals surface area contributed by atoms with Crippen molar-refractivity contribution in [1.29, 1.82) is 0 Å². The third kappa shape index (κ3) is 2.65. The maximum absolute atomic E-state index is 12.1. The number of aromatic nitrogens is 1. The minimum atomic E-state index is -1.07. The normalized spacial score (nSPS) is 18.3. The van der Waals surface area contributed by atoms with Gasteiger partial charge in [-0.3, -0.25) is 4.98 Å². The maximum atomic E-state index is 12.1. The first-order chi connectivity index (χ1) is 9.97. The standard InChI is InChI=1S/C15H16N2O4/c1-8-11(14(18)19)13(10-4-6-16-7-5-10)12(9(2)17-8)15(20)21-3/h4-7,13,17H,1-3H3,(H,18,19). The Morgan fingerprint density at radius 2 is 1.76 bits per heavy atom. The van der Waals surface area contributed by atoms with Crippen LogP contribution in [-0.4, -0.2) is 29.1 Å². The zero-order valence-corrected chi connectivity index (χ0v) is 12.0.